The summed E-state index contributed by atoms with van der Waals surface area (Å²) in [6.45, 7) is 5.90. The summed E-state index contributed by atoms with van der Waals surface area (Å²) in [5.41, 5.74) is 0.560. The molecule has 5 nitrogen and oxygen atoms in total. The second-order valence-corrected chi connectivity index (χ2v) is 10.2. The molecule has 2 saturated heterocycles. The van der Waals surface area contributed by atoms with Crippen molar-refractivity contribution in [3.8, 4) is 0 Å². The molecule has 0 aromatic heterocycles. The van der Waals surface area contributed by atoms with Gasteiger partial charge in [-0.25, -0.2) is 12.8 Å². The summed E-state index contributed by atoms with van der Waals surface area (Å²) in [5, 5.41) is 2.42. The molecule has 0 bridgehead atoms. The van der Waals surface area contributed by atoms with Crippen molar-refractivity contribution in [2.24, 2.45) is 17.8 Å². The standard InChI is InChI=1S/C19H27FN2O3S/c1-13(2)9-21-19(23)15-7-8-26(24,25)18-12-22(11-16(15)18)10-14-5-3-4-6-17(14)20/h3-6,13,15-16,18H,7-12H2,1-2H3,(H,21,23)/t15-,16+,18+/m0/s1. The van der Waals surface area contributed by atoms with E-state index in [1.165, 1.54) is 6.07 Å². The number of carbonyl (C=O) groups excluding carboxylic acids is 1. The quantitative estimate of drug-likeness (QED) is 0.844. The van der Waals surface area contributed by atoms with E-state index in [2.05, 4.69) is 5.32 Å². The highest BCUT2D eigenvalue weighted by molar-refractivity contribution is 7.92. The molecule has 3 rings (SSSR count). The molecule has 7 heteroatoms. The molecule has 0 aliphatic carbocycles. The van der Waals surface area contributed by atoms with E-state index in [1.807, 2.05) is 18.7 Å². The highest BCUT2D eigenvalue weighted by atomic mass is 32.2. The van der Waals surface area contributed by atoms with Crippen LogP contribution >= 0.6 is 0 Å². The van der Waals surface area contributed by atoms with Gasteiger partial charge in [-0.3, -0.25) is 9.69 Å². The molecule has 2 aliphatic rings. The van der Waals surface area contributed by atoms with Crippen molar-refractivity contribution in [3.05, 3.63) is 35.6 Å². The van der Waals surface area contributed by atoms with E-state index in [4.69, 9.17) is 0 Å². The lowest BCUT2D eigenvalue weighted by Gasteiger charge is -2.32. The highest BCUT2D eigenvalue weighted by Crippen LogP contribution is 2.37. The van der Waals surface area contributed by atoms with Crippen LogP contribution in [-0.2, 0) is 21.2 Å². The molecule has 0 spiro atoms. The number of hydrogen-bond acceptors (Lipinski definition) is 4. The molecule has 0 unspecified atom stereocenters. The molecule has 1 amide bonds. The first-order chi connectivity index (χ1) is 12.3. The second-order valence-electron chi connectivity index (χ2n) is 7.89. The highest BCUT2D eigenvalue weighted by Gasteiger charge is 2.50. The van der Waals surface area contributed by atoms with E-state index in [0.29, 0.717) is 44.1 Å². The van der Waals surface area contributed by atoms with Crippen molar-refractivity contribution in [3.63, 3.8) is 0 Å². The molecule has 0 radical (unpaired) electrons. The van der Waals surface area contributed by atoms with Crippen LogP contribution in [0.5, 0.6) is 0 Å². The van der Waals surface area contributed by atoms with Crippen molar-refractivity contribution < 1.29 is 17.6 Å². The van der Waals surface area contributed by atoms with Crippen LogP contribution in [-0.4, -0.2) is 49.9 Å². The van der Waals surface area contributed by atoms with Gasteiger partial charge in [-0.05, 0) is 18.4 Å². The van der Waals surface area contributed by atoms with Crippen LogP contribution < -0.4 is 5.32 Å². The van der Waals surface area contributed by atoms with Crippen LogP contribution in [0.15, 0.2) is 24.3 Å². The molecule has 0 saturated carbocycles. The number of nitrogens with zero attached hydrogens (tertiary/aromatic N) is 1. The molecule has 2 aliphatic heterocycles. The van der Waals surface area contributed by atoms with Crippen LogP contribution in [0.2, 0.25) is 0 Å². The maximum absolute atomic E-state index is 13.9. The average Bonchev–Trinajstić information content (AvgIpc) is 3.00. The number of fused-ring (bicyclic) bond motifs is 1. The van der Waals surface area contributed by atoms with Crippen molar-refractivity contribution in [2.75, 3.05) is 25.4 Å². The molecule has 1 aromatic carbocycles. The Bertz CT molecular complexity index is 766. The van der Waals surface area contributed by atoms with Crippen LogP contribution in [0.3, 0.4) is 0 Å². The Morgan fingerprint density at radius 2 is 2.04 bits per heavy atom. The van der Waals surface area contributed by atoms with E-state index in [1.54, 1.807) is 18.2 Å². The van der Waals surface area contributed by atoms with Gasteiger partial charge in [-0.1, -0.05) is 32.0 Å². The van der Waals surface area contributed by atoms with Crippen LogP contribution in [0, 0.1) is 23.6 Å². The van der Waals surface area contributed by atoms with Crippen molar-refractivity contribution in [2.45, 2.75) is 32.1 Å². The summed E-state index contributed by atoms with van der Waals surface area (Å²) in [5.74, 6) is -0.418. The fourth-order valence-electron chi connectivity index (χ4n) is 4.06. The third-order valence-corrected chi connectivity index (χ3v) is 7.68. The molecule has 2 heterocycles. The predicted octanol–water partition coefficient (Wildman–Crippen LogP) is 1.83. The van der Waals surface area contributed by atoms with Crippen molar-refractivity contribution in [1.82, 2.24) is 10.2 Å². The molecule has 3 atom stereocenters. The zero-order valence-corrected chi connectivity index (χ0v) is 16.1. The summed E-state index contributed by atoms with van der Waals surface area (Å²) in [6, 6.07) is 6.55. The number of benzene rings is 1. The summed E-state index contributed by atoms with van der Waals surface area (Å²) >= 11 is 0. The lowest BCUT2D eigenvalue weighted by atomic mass is 9.87. The zero-order chi connectivity index (χ0) is 18.9. The number of rotatable bonds is 5. The van der Waals surface area contributed by atoms with Gasteiger partial charge < -0.3 is 5.32 Å². The number of sulfone groups is 1. The lowest BCUT2D eigenvalue weighted by Crippen LogP contribution is -2.47. The Morgan fingerprint density at radius 1 is 1.31 bits per heavy atom. The number of nitrogens with one attached hydrogen (secondary N) is 1. The van der Waals surface area contributed by atoms with E-state index < -0.39 is 15.1 Å². The lowest BCUT2D eigenvalue weighted by molar-refractivity contribution is -0.126. The minimum absolute atomic E-state index is 0.0451. The number of likely N-dealkylation sites (tertiary alicyclic amines) is 1. The Morgan fingerprint density at radius 3 is 2.73 bits per heavy atom. The molecule has 26 heavy (non-hydrogen) atoms. The van der Waals surface area contributed by atoms with Crippen LogP contribution in [0.4, 0.5) is 4.39 Å². The predicted molar refractivity (Wildman–Crippen MR) is 98.7 cm³/mol. The SMILES string of the molecule is CC(C)CNC(=O)[C@H]1CCS(=O)(=O)[C@@H]2CN(Cc3ccccc3F)C[C@H]12. The van der Waals surface area contributed by atoms with E-state index >= 15 is 0 Å². The van der Waals surface area contributed by atoms with E-state index in [-0.39, 0.29) is 29.3 Å². The van der Waals surface area contributed by atoms with Gasteiger partial charge >= 0.3 is 0 Å². The van der Waals surface area contributed by atoms with Gasteiger partial charge in [-0.15, -0.1) is 0 Å². The third-order valence-electron chi connectivity index (χ3n) is 5.45. The summed E-state index contributed by atoms with van der Waals surface area (Å²) < 4.78 is 39.0. The summed E-state index contributed by atoms with van der Waals surface area (Å²) in [4.78, 5) is 14.6. The van der Waals surface area contributed by atoms with Gasteiger partial charge in [0.05, 0.1) is 11.0 Å². The molecular formula is C19H27FN2O3S. The minimum atomic E-state index is -3.21. The van der Waals surface area contributed by atoms with Crippen molar-refractivity contribution in [1.29, 1.82) is 0 Å². The summed E-state index contributed by atoms with van der Waals surface area (Å²) in [6.07, 6.45) is 0.376. The Hall–Kier alpha value is -1.47. The normalized spacial score (nSPS) is 28.1. The maximum atomic E-state index is 13.9. The first-order valence-electron chi connectivity index (χ1n) is 9.23. The number of amides is 1. The van der Waals surface area contributed by atoms with Gasteiger partial charge in [0, 0.05) is 43.6 Å². The third kappa shape index (κ3) is 4.09. The average molecular weight is 383 g/mol. The Kier molecular flexibility index (Phi) is 5.67. The first-order valence-corrected chi connectivity index (χ1v) is 10.9. The van der Waals surface area contributed by atoms with E-state index in [0.717, 1.165) is 0 Å². The Balaban J connectivity index is 1.74. The Labute approximate surface area is 154 Å². The minimum Gasteiger partial charge on any atom is -0.356 e. The number of hydrogen-bond donors (Lipinski definition) is 1. The topological polar surface area (TPSA) is 66.5 Å². The van der Waals surface area contributed by atoms with Gasteiger partial charge in [0.15, 0.2) is 9.84 Å². The molecule has 2 fully saturated rings. The second kappa shape index (κ2) is 7.64. The smallest absolute Gasteiger partial charge is 0.223 e. The van der Waals surface area contributed by atoms with Gasteiger partial charge in [0.25, 0.3) is 0 Å². The molecule has 1 aromatic rings. The summed E-state index contributed by atoms with van der Waals surface area (Å²) in [7, 11) is -3.21. The molecular weight excluding hydrogens is 355 g/mol. The van der Waals surface area contributed by atoms with Gasteiger partial charge in [0.2, 0.25) is 5.91 Å². The van der Waals surface area contributed by atoms with E-state index in [9.17, 15) is 17.6 Å². The van der Waals surface area contributed by atoms with Gasteiger partial charge in [0.1, 0.15) is 5.82 Å². The largest absolute Gasteiger partial charge is 0.356 e. The monoisotopic (exact) mass is 382 g/mol. The fourth-order valence-corrected chi connectivity index (χ4v) is 6.19. The zero-order valence-electron chi connectivity index (χ0n) is 15.3. The van der Waals surface area contributed by atoms with Crippen LogP contribution in [0.25, 0.3) is 0 Å². The number of halogens is 1. The maximum Gasteiger partial charge on any atom is 0.223 e. The van der Waals surface area contributed by atoms with Crippen molar-refractivity contribution >= 4 is 15.7 Å². The van der Waals surface area contributed by atoms with Gasteiger partial charge in [-0.2, -0.15) is 0 Å². The molecule has 1 N–H and O–H groups in total. The first kappa shape index (κ1) is 19.3. The number of carbonyl (C=O) groups is 1. The van der Waals surface area contributed by atoms with Crippen LogP contribution in [0.1, 0.15) is 25.8 Å². The molecule has 144 valence electrons. The fraction of sp³-hybridized carbons (Fsp3) is 0.632.